The zero-order valence-corrected chi connectivity index (χ0v) is 15.7. The van der Waals surface area contributed by atoms with Gasteiger partial charge in [0.25, 0.3) is 0 Å². The topological polar surface area (TPSA) is 75.3 Å². The summed E-state index contributed by atoms with van der Waals surface area (Å²) in [6, 6.07) is 13.6. The molecule has 1 amide bonds. The maximum absolute atomic E-state index is 12.4. The molecule has 134 valence electrons. The van der Waals surface area contributed by atoms with Gasteiger partial charge in [-0.25, -0.2) is 13.1 Å². The minimum atomic E-state index is -3.48. The van der Waals surface area contributed by atoms with E-state index in [1.807, 2.05) is 31.2 Å². The van der Waals surface area contributed by atoms with Crippen LogP contribution in [0.1, 0.15) is 30.5 Å². The molecule has 0 aliphatic rings. The van der Waals surface area contributed by atoms with Crippen LogP contribution in [0.25, 0.3) is 0 Å². The first-order chi connectivity index (χ1) is 11.8. The number of benzene rings is 2. The van der Waals surface area contributed by atoms with Gasteiger partial charge in [-0.2, -0.15) is 0 Å². The SMILES string of the molecule is CCc1ccccc1NC(=O)C[C@H](NS(C)(=O)=O)c1ccc(Cl)cc1. The molecule has 0 heterocycles. The number of sulfonamides is 1. The molecule has 0 fully saturated rings. The summed E-state index contributed by atoms with van der Waals surface area (Å²) in [5.74, 6) is -0.267. The Balaban J connectivity index is 2.18. The maximum Gasteiger partial charge on any atom is 0.226 e. The highest BCUT2D eigenvalue weighted by Gasteiger charge is 2.20. The molecule has 2 aromatic rings. The molecule has 0 aliphatic heterocycles. The number of amides is 1. The summed E-state index contributed by atoms with van der Waals surface area (Å²) in [5.41, 5.74) is 2.44. The smallest absolute Gasteiger partial charge is 0.226 e. The van der Waals surface area contributed by atoms with Gasteiger partial charge in [0, 0.05) is 17.1 Å². The van der Waals surface area contributed by atoms with E-state index >= 15 is 0 Å². The Labute approximate surface area is 153 Å². The first kappa shape index (κ1) is 19.4. The fourth-order valence-corrected chi connectivity index (χ4v) is 3.38. The number of hydrogen-bond donors (Lipinski definition) is 2. The maximum atomic E-state index is 12.4. The monoisotopic (exact) mass is 380 g/mol. The van der Waals surface area contributed by atoms with Crippen molar-refractivity contribution in [2.24, 2.45) is 0 Å². The molecule has 0 bridgehead atoms. The lowest BCUT2D eigenvalue weighted by Gasteiger charge is -2.18. The summed E-state index contributed by atoms with van der Waals surface area (Å²) < 4.78 is 25.8. The molecule has 7 heteroatoms. The van der Waals surface area contributed by atoms with E-state index in [2.05, 4.69) is 10.0 Å². The normalized spacial score (nSPS) is 12.6. The van der Waals surface area contributed by atoms with Crippen molar-refractivity contribution in [1.29, 1.82) is 0 Å². The van der Waals surface area contributed by atoms with E-state index in [9.17, 15) is 13.2 Å². The Morgan fingerprint density at radius 3 is 2.36 bits per heavy atom. The van der Waals surface area contributed by atoms with E-state index in [1.54, 1.807) is 24.3 Å². The molecule has 5 nitrogen and oxygen atoms in total. The zero-order chi connectivity index (χ0) is 18.4. The average molecular weight is 381 g/mol. The molecule has 1 atom stereocenters. The lowest BCUT2D eigenvalue weighted by molar-refractivity contribution is -0.116. The largest absolute Gasteiger partial charge is 0.326 e. The summed E-state index contributed by atoms with van der Waals surface area (Å²) >= 11 is 5.88. The van der Waals surface area contributed by atoms with E-state index in [0.717, 1.165) is 23.9 Å². The zero-order valence-electron chi connectivity index (χ0n) is 14.1. The number of carbonyl (C=O) groups is 1. The van der Waals surface area contributed by atoms with Crippen molar-refractivity contribution in [1.82, 2.24) is 4.72 Å². The van der Waals surface area contributed by atoms with E-state index in [0.29, 0.717) is 10.6 Å². The van der Waals surface area contributed by atoms with Gasteiger partial charge >= 0.3 is 0 Å². The van der Waals surface area contributed by atoms with Crippen molar-refractivity contribution >= 4 is 33.2 Å². The highest BCUT2D eigenvalue weighted by atomic mass is 35.5. The first-order valence-electron chi connectivity index (χ1n) is 7.89. The third kappa shape index (κ3) is 6.16. The quantitative estimate of drug-likeness (QED) is 0.771. The van der Waals surface area contributed by atoms with Crippen LogP contribution in [-0.2, 0) is 21.2 Å². The molecular formula is C18H21ClN2O3S. The third-order valence-electron chi connectivity index (χ3n) is 3.69. The second-order valence-electron chi connectivity index (χ2n) is 5.76. The van der Waals surface area contributed by atoms with Crippen LogP contribution in [-0.4, -0.2) is 20.6 Å². The van der Waals surface area contributed by atoms with Crippen LogP contribution in [0.2, 0.25) is 5.02 Å². The van der Waals surface area contributed by atoms with Crippen LogP contribution in [0.15, 0.2) is 48.5 Å². The molecule has 0 spiro atoms. The standard InChI is InChI=1S/C18H21ClN2O3S/c1-3-13-6-4-5-7-16(13)20-18(22)12-17(21-25(2,23)24)14-8-10-15(19)11-9-14/h4-11,17,21H,3,12H2,1-2H3,(H,20,22)/t17-/m0/s1. The van der Waals surface area contributed by atoms with E-state index in [4.69, 9.17) is 11.6 Å². The van der Waals surface area contributed by atoms with Crippen LogP contribution >= 0.6 is 11.6 Å². The number of hydrogen-bond acceptors (Lipinski definition) is 3. The van der Waals surface area contributed by atoms with Crippen LogP contribution in [0.4, 0.5) is 5.69 Å². The van der Waals surface area contributed by atoms with E-state index < -0.39 is 16.1 Å². The van der Waals surface area contributed by atoms with Gasteiger partial charge in [-0.1, -0.05) is 48.9 Å². The summed E-state index contributed by atoms with van der Waals surface area (Å²) in [4.78, 5) is 12.4. The molecular weight excluding hydrogens is 360 g/mol. The van der Waals surface area contributed by atoms with Crippen LogP contribution in [0.5, 0.6) is 0 Å². The summed E-state index contributed by atoms with van der Waals surface area (Å²) in [5, 5.41) is 3.40. The second-order valence-corrected chi connectivity index (χ2v) is 7.97. The molecule has 0 saturated heterocycles. The van der Waals surface area contributed by atoms with Crippen molar-refractivity contribution < 1.29 is 13.2 Å². The van der Waals surface area contributed by atoms with Crippen LogP contribution in [0.3, 0.4) is 0 Å². The number of para-hydroxylation sites is 1. The highest BCUT2D eigenvalue weighted by Crippen LogP contribution is 2.22. The van der Waals surface area contributed by atoms with Gasteiger partial charge in [-0.05, 0) is 35.7 Å². The van der Waals surface area contributed by atoms with Crippen LogP contribution in [0, 0.1) is 0 Å². The molecule has 2 aromatic carbocycles. The van der Waals surface area contributed by atoms with Gasteiger partial charge in [0.2, 0.25) is 15.9 Å². The lowest BCUT2D eigenvalue weighted by Crippen LogP contribution is -2.30. The molecule has 0 aliphatic carbocycles. The van der Waals surface area contributed by atoms with Gasteiger partial charge in [-0.15, -0.1) is 0 Å². The van der Waals surface area contributed by atoms with Crippen molar-refractivity contribution in [3.8, 4) is 0 Å². The fraction of sp³-hybridized carbons (Fsp3) is 0.278. The van der Waals surface area contributed by atoms with E-state index in [-0.39, 0.29) is 12.3 Å². The summed E-state index contributed by atoms with van der Waals surface area (Å²) in [7, 11) is -3.48. The number of carbonyl (C=O) groups excluding carboxylic acids is 1. The van der Waals surface area contributed by atoms with Gasteiger partial charge in [0.15, 0.2) is 0 Å². The molecule has 2 rings (SSSR count). The fourth-order valence-electron chi connectivity index (χ4n) is 2.52. The predicted molar refractivity (Wildman–Crippen MR) is 101 cm³/mol. The molecule has 0 radical (unpaired) electrons. The number of halogens is 1. The van der Waals surface area contributed by atoms with E-state index in [1.165, 1.54) is 0 Å². The van der Waals surface area contributed by atoms with Crippen molar-refractivity contribution in [2.75, 3.05) is 11.6 Å². The van der Waals surface area contributed by atoms with Crippen molar-refractivity contribution in [3.63, 3.8) is 0 Å². The molecule has 2 N–H and O–H groups in total. The molecule has 0 saturated carbocycles. The number of aryl methyl sites for hydroxylation is 1. The molecule has 0 unspecified atom stereocenters. The Bertz CT molecular complexity index is 836. The number of anilines is 1. The Hall–Kier alpha value is -1.89. The predicted octanol–water partition coefficient (Wildman–Crippen LogP) is 3.52. The Kier molecular flexibility index (Phi) is 6.58. The minimum absolute atomic E-state index is 0.0211. The second kappa shape index (κ2) is 8.47. The average Bonchev–Trinajstić information content (AvgIpc) is 2.54. The Morgan fingerprint density at radius 1 is 1.12 bits per heavy atom. The van der Waals surface area contributed by atoms with Crippen LogP contribution < -0.4 is 10.0 Å². The van der Waals surface area contributed by atoms with Crippen molar-refractivity contribution in [2.45, 2.75) is 25.8 Å². The lowest BCUT2D eigenvalue weighted by atomic mass is 10.0. The summed E-state index contributed by atoms with van der Waals surface area (Å²) in [6.07, 6.45) is 1.84. The van der Waals surface area contributed by atoms with Gasteiger partial charge in [0.05, 0.1) is 12.3 Å². The summed E-state index contributed by atoms with van der Waals surface area (Å²) in [6.45, 7) is 2.01. The van der Waals surface area contributed by atoms with Crippen molar-refractivity contribution in [3.05, 3.63) is 64.7 Å². The van der Waals surface area contributed by atoms with Gasteiger partial charge in [0.1, 0.15) is 0 Å². The first-order valence-corrected chi connectivity index (χ1v) is 10.2. The number of nitrogens with one attached hydrogen (secondary N) is 2. The molecule has 25 heavy (non-hydrogen) atoms. The minimum Gasteiger partial charge on any atom is -0.326 e. The highest BCUT2D eigenvalue weighted by molar-refractivity contribution is 7.88. The Morgan fingerprint density at radius 2 is 1.76 bits per heavy atom. The van der Waals surface area contributed by atoms with Gasteiger partial charge < -0.3 is 5.32 Å². The van der Waals surface area contributed by atoms with Gasteiger partial charge in [-0.3, -0.25) is 4.79 Å². The third-order valence-corrected chi connectivity index (χ3v) is 4.66. The molecule has 0 aromatic heterocycles. The number of rotatable bonds is 7.